The van der Waals surface area contributed by atoms with Gasteiger partial charge in [0.25, 0.3) is 0 Å². The van der Waals surface area contributed by atoms with Crippen LogP contribution in [0.4, 0.5) is 0 Å². The Bertz CT molecular complexity index is 3240. The lowest BCUT2D eigenvalue weighted by atomic mass is 9.73. The molecule has 26 heteroatoms. The van der Waals surface area contributed by atoms with Gasteiger partial charge in [0.1, 0.15) is 59.5 Å². The van der Waals surface area contributed by atoms with Crippen molar-refractivity contribution in [3.8, 4) is 28.7 Å². The van der Waals surface area contributed by atoms with Gasteiger partial charge in [0.05, 0.1) is 62.1 Å². The Morgan fingerprint density at radius 3 is 2.00 bits per heavy atom. The molecule has 0 saturated carbocycles. The topological polar surface area (TPSA) is 355 Å². The number of likely N-dealkylation sites (N-methyl/N-ethyl adjacent to an activating group) is 1. The van der Waals surface area contributed by atoms with E-state index in [1.54, 1.807) is 25.3 Å². The third-order valence-corrected chi connectivity index (χ3v) is 15.7. The number of allylic oxidation sites excluding steroid dienone is 2. The maximum Gasteiger partial charge on any atom is 0.249 e. The molecule has 11 atom stereocenters. The Hall–Kier alpha value is -7.55. The quantitative estimate of drug-likeness (QED) is 0.117. The molecule has 3 aromatic rings. The van der Waals surface area contributed by atoms with Crippen LogP contribution in [-0.2, 0) is 43.0 Å². The molecule has 0 aromatic heterocycles. The molecule has 3 aromatic carbocycles. The number of hydrogen-bond acceptors (Lipinski definition) is 18. The number of nitrogens with zero attached hydrogens (tertiary/aromatic N) is 1. The van der Waals surface area contributed by atoms with Crippen LogP contribution in [-0.4, -0.2) is 148 Å². The van der Waals surface area contributed by atoms with Crippen LogP contribution in [0.3, 0.4) is 0 Å². The molecular weight excluding hydrogens is 1130 g/mol. The zero-order valence-electron chi connectivity index (χ0n) is 47.1. The van der Waals surface area contributed by atoms with E-state index in [2.05, 4.69) is 31.9 Å². The van der Waals surface area contributed by atoms with Gasteiger partial charge < -0.3 is 87.1 Å². The van der Waals surface area contributed by atoms with Gasteiger partial charge in [0, 0.05) is 32.1 Å². The van der Waals surface area contributed by atoms with E-state index in [0.717, 1.165) is 0 Å². The van der Waals surface area contributed by atoms with E-state index in [-0.39, 0.29) is 80.8 Å². The van der Waals surface area contributed by atoms with Crippen LogP contribution >= 0.6 is 23.2 Å². The summed E-state index contributed by atoms with van der Waals surface area (Å²) >= 11 is 13.9. The van der Waals surface area contributed by atoms with Gasteiger partial charge in [-0.1, -0.05) is 61.3 Å². The fourth-order valence-corrected chi connectivity index (χ4v) is 11.3. The van der Waals surface area contributed by atoms with Crippen LogP contribution in [0.15, 0.2) is 99.8 Å². The molecule has 24 nitrogen and oxygen atoms in total. The third kappa shape index (κ3) is 13.5. The number of methoxy groups -OCH3 is 4. The second kappa shape index (κ2) is 27.0. The summed E-state index contributed by atoms with van der Waals surface area (Å²) in [6.45, 7) is 3.22. The van der Waals surface area contributed by atoms with Gasteiger partial charge in [-0.05, 0) is 102 Å². The molecule has 1 fully saturated rings. The standard InChI is InChI=1S/C58H69Cl2N9O15/c1-25(2)14-36(63-3)54(74)68-48-50(72)27-10-12-39(34(59)16-27)83-42-18-30-19-43(52(42)82-7)84-40-13-11-28(17-35(40)60)51(73)49-58(78)65-38(23-70)33-20-31(80-5)21-41(81-6)45(33)32-15-26(8-9-29(32)24-79-4)47(56(76)69-49)66-53(62)46(30)67-55(75)37(22-44(61)71)64-57(48)77/h8-13,16-20,25,31-32,36-38,46-51,63,70,72-73H,14-15,21-24H2,1-7H3,(H2,61,71)(H2,62,66)(H,64,77)(H,65,78)(H,67,75)(H,68,74)(H,69,76)/t31?,32?,36-,37?,38-,46-,47-,48-,49+,50-,51-/m1/s1. The monoisotopic (exact) mass is 1200 g/mol. The van der Waals surface area contributed by atoms with Crippen molar-refractivity contribution in [2.45, 2.75) is 100 Å². The van der Waals surface area contributed by atoms with Crippen LogP contribution < -0.4 is 57.6 Å². The first-order valence-electron chi connectivity index (χ1n) is 27.0. The number of aliphatic imine (C=N–C) groups is 1. The summed E-state index contributed by atoms with van der Waals surface area (Å²) < 4.78 is 36.5. The zero-order chi connectivity index (χ0) is 60.8. The molecule has 2 aliphatic carbocycles. The first-order valence-corrected chi connectivity index (χ1v) is 27.7. The van der Waals surface area contributed by atoms with Gasteiger partial charge >= 0.3 is 0 Å². The highest BCUT2D eigenvalue weighted by Gasteiger charge is 2.43. The lowest BCUT2D eigenvalue weighted by molar-refractivity contribution is -0.136. The maximum absolute atomic E-state index is 15.4. The van der Waals surface area contributed by atoms with Crippen LogP contribution in [0.5, 0.6) is 28.7 Å². The number of amides is 6. The number of carbonyl (C=O) groups excluding carboxylic acids is 6. The van der Waals surface area contributed by atoms with Crippen molar-refractivity contribution in [1.29, 1.82) is 0 Å². The Labute approximate surface area is 494 Å². The molecule has 84 heavy (non-hydrogen) atoms. The predicted octanol–water partition coefficient (Wildman–Crippen LogP) is 2.78. The van der Waals surface area contributed by atoms with Gasteiger partial charge in [0.2, 0.25) is 41.2 Å². The Morgan fingerprint density at radius 1 is 0.798 bits per heavy atom. The van der Waals surface area contributed by atoms with E-state index >= 15 is 9.59 Å². The molecule has 0 spiro atoms. The van der Waals surface area contributed by atoms with E-state index < -0.39 is 121 Å². The van der Waals surface area contributed by atoms with Gasteiger partial charge in [-0.3, -0.25) is 33.8 Å². The molecule has 7 aliphatic rings. The van der Waals surface area contributed by atoms with Gasteiger partial charge in [0.15, 0.2) is 17.5 Å². The van der Waals surface area contributed by atoms with Crippen LogP contribution in [0.25, 0.3) is 0 Å². The molecule has 11 bridgehead atoms. The number of hydrogen-bond donors (Lipinski definition) is 11. The highest BCUT2D eigenvalue weighted by molar-refractivity contribution is 6.32. The number of amidine groups is 1. The summed E-state index contributed by atoms with van der Waals surface area (Å²) in [5.41, 5.74) is 15.0. The normalized spacial score (nSPS) is 25.8. The Balaban J connectivity index is 1.39. The molecule has 5 aliphatic heterocycles. The van der Waals surface area contributed by atoms with Crippen molar-refractivity contribution in [3.05, 3.63) is 122 Å². The molecule has 0 radical (unpaired) electrons. The lowest BCUT2D eigenvalue weighted by Crippen LogP contribution is -2.59. The number of nitrogens with two attached hydrogens (primary N) is 2. The van der Waals surface area contributed by atoms with Crippen molar-refractivity contribution < 1.29 is 72.5 Å². The lowest BCUT2D eigenvalue weighted by Gasteiger charge is -2.38. The number of nitrogens with one attached hydrogen (secondary N) is 6. The number of primary amides is 1. The largest absolute Gasteiger partial charge is 0.501 e. The van der Waals surface area contributed by atoms with Crippen molar-refractivity contribution in [2.24, 2.45) is 28.3 Å². The number of fused-ring (bicyclic) bond motifs is 14. The van der Waals surface area contributed by atoms with Crippen molar-refractivity contribution in [1.82, 2.24) is 31.9 Å². The average molecular weight is 1200 g/mol. The fraction of sp³-hybridized carbons (Fsp3) is 0.431. The van der Waals surface area contributed by atoms with Gasteiger partial charge in [-0.25, -0.2) is 0 Å². The summed E-state index contributed by atoms with van der Waals surface area (Å²) in [7, 11) is 7.35. The summed E-state index contributed by atoms with van der Waals surface area (Å²) in [4.78, 5) is 91.8. The van der Waals surface area contributed by atoms with Crippen LogP contribution in [0.2, 0.25) is 10.0 Å². The minimum absolute atomic E-state index is 0.00945. The molecule has 5 heterocycles. The van der Waals surface area contributed by atoms with Crippen molar-refractivity contribution >= 4 is 64.5 Å². The number of aliphatic hydroxyl groups excluding tert-OH is 3. The second-order valence-corrected chi connectivity index (χ2v) is 22.0. The molecule has 13 N–H and O–H groups in total. The fourth-order valence-electron chi connectivity index (χ4n) is 10.9. The van der Waals surface area contributed by atoms with E-state index in [9.17, 15) is 34.5 Å². The van der Waals surface area contributed by atoms with E-state index in [1.165, 1.54) is 77.0 Å². The zero-order valence-corrected chi connectivity index (χ0v) is 48.6. The van der Waals surface area contributed by atoms with Gasteiger partial charge in [-0.15, -0.1) is 0 Å². The minimum Gasteiger partial charge on any atom is -0.501 e. The number of aliphatic hydroxyl groups is 3. The number of benzene rings is 3. The summed E-state index contributed by atoms with van der Waals surface area (Å²) in [6, 6.07) is 0.0797. The number of halogens is 2. The van der Waals surface area contributed by atoms with Gasteiger partial charge in [-0.2, -0.15) is 0 Å². The smallest absolute Gasteiger partial charge is 0.249 e. The first kappa shape index (κ1) is 62.5. The van der Waals surface area contributed by atoms with E-state index in [4.69, 9.17) is 68.1 Å². The van der Waals surface area contributed by atoms with Crippen LogP contribution in [0.1, 0.15) is 74.5 Å². The first-order chi connectivity index (χ1) is 40.1. The molecule has 1 saturated heterocycles. The van der Waals surface area contributed by atoms with Crippen molar-refractivity contribution in [3.63, 3.8) is 0 Å². The number of ether oxygens (including phenoxy) is 6. The average Bonchev–Trinajstić information content (AvgIpc) is 2.14. The van der Waals surface area contributed by atoms with E-state index in [0.29, 0.717) is 34.5 Å². The maximum atomic E-state index is 15.4. The van der Waals surface area contributed by atoms with E-state index in [1.807, 2.05) is 13.8 Å². The predicted molar refractivity (Wildman–Crippen MR) is 307 cm³/mol. The summed E-state index contributed by atoms with van der Waals surface area (Å²) in [6.07, 6.45) is 0.620. The molecule has 6 amide bonds. The SMILES string of the molecule is CN[C@H](CC(C)C)C(=O)N[C@H]1C(=O)NC(CC(N)=O)C(=O)N[C@H]2C(N)=N[C@H]3C(=O)N[C@H](C(=O)N[C@H](CO)C4=CC(OC)CC(OC)=C4C4CC3=CC=C4COC)[C@H](O)c3ccc(c(Cl)c3)Oc3cc2cc(c3OC)Oc2ccc(cc2Cl)[C@H]1O. The number of rotatable bonds is 13. The Kier molecular flexibility index (Phi) is 20.1. The molecule has 3 unspecified atom stereocenters. The van der Waals surface area contributed by atoms with Crippen molar-refractivity contribution in [2.75, 3.05) is 48.7 Å². The summed E-state index contributed by atoms with van der Waals surface area (Å²) in [5, 5.41) is 51.6. The Morgan fingerprint density at radius 2 is 1.44 bits per heavy atom. The molecule has 10 rings (SSSR count). The highest BCUT2D eigenvalue weighted by atomic mass is 35.5. The minimum atomic E-state index is -1.86. The summed E-state index contributed by atoms with van der Waals surface area (Å²) in [5.74, 6) is -7.03. The van der Waals surface area contributed by atoms with Crippen LogP contribution in [0, 0.1) is 11.8 Å². The third-order valence-electron chi connectivity index (χ3n) is 15.1. The highest BCUT2D eigenvalue weighted by Crippen LogP contribution is 2.48. The number of carbonyl (C=O) groups is 6. The molecule has 450 valence electrons. The molecular formula is C58H69Cl2N9O15. The second-order valence-electron chi connectivity index (χ2n) is 21.2.